The molecule has 1 aromatic carbocycles. The second-order valence-electron chi connectivity index (χ2n) is 4.01. The Bertz CT molecular complexity index is 406. The van der Waals surface area contributed by atoms with Crippen molar-refractivity contribution in [1.82, 2.24) is 16.2 Å². The van der Waals surface area contributed by atoms with Crippen LogP contribution in [0.1, 0.15) is 25.5 Å². The van der Waals surface area contributed by atoms with Crippen molar-refractivity contribution in [1.29, 1.82) is 0 Å². The van der Waals surface area contributed by atoms with Gasteiger partial charge in [0.15, 0.2) is 0 Å². The highest BCUT2D eigenvalue weighted by Gasteiger charge is 2.11. The molecule has 1 rings (SSSR count). The zero-order chi connectivity index (χ0) is 13.5. The van der Waals surface area contributed by atoms with Gasteiger partial charge in [0.05, 0.1) is 12.1 Å². The van der Waals surface area contributed by atoms with Gasteiger partial charge in [-0.2, -0.15) is 0 Å². The zero-order valence-electron chi connectivity index (χ0n) is 10.4. The fraction of sp³-hybridized carbons (Fsp3) is 0.333. The molecule has 0 aliphatic heterocycles. The van der Waals surface area contributed by atoms with Crippen LogP contribution in [0.5, 0.6) is 0 Å². The van der Waals surface area contributed by atoms with Gasteiger partial charge >= 0.3 is 6.03 Å². The summed E-state index contributed by atoms with van der Waals surface area (Å²) < 4.78 is 0. The van der Waals surface area contributed by atoms with Gasteiger partial charge in [-0.25, -0.2) is 10.2 Å². The zero-order valence-corrected chi connectivity index (χ0v) is 10.4. The highest BCUT2D eigenvalue weighted by atomic mass is 16.2. The minimum atomic E-state index is -0.670. The lowest BCUT2D eigenvalue weighted by Crippen LogP contribution is -2.51. The normalized spacial score (nSPS) is 13.3. The third-order valence-corrected chi connectivity index (χ3v) is 2.36. The van der Waals surface area contributed by atoms with Crippen LogP contribution in [0.3, 0.4) is 0 Å². The quantitative estimate of drug-likeness (QED) is 0.585. The number of carbonyl (C=O) groups is 2. The van der Waals surface area contributed by atoms with Crippen LogP contribution in [0.15, 0.2) is 30.3 Å². The molecule has 0 aromatic heterocycles. The van der Waals surface area contributed by atoms with Gasteiger partial charge in [-0.1, -0.05) is 30.3 Å². The van der Waals surface area contributed by atoms with Crippen molar-refractivity contribution < 1.29 is 9.59 Å². The topological polar surface area (TPSA) is 96.2 Å². The molecule has 0 bridgehead atoms. The van der Waals surface area contributed by atoms with Gasteiger partial charge < -0.3 is 11.1 Å². The molecule has 0 saturated heterocycles. The average molecular weight is 250 g/mol. The van der Waals surface area contributed by atoms with Crippen LogP contribution >= 0.6 is 0 Å². The molecule has 18 heavy (non-hydrogen) atoms. The number of benzene rings is 1. The highest BCUT2D eigenvalue weighted by Crippen LogP contribution is 2.10. The first-order valence-electron chi connectivity index (χ1n) is 5.67. The first kappa shape index (κ1) is 14.0. The Kier molecular flexibility index (Phi) is 5.13. The van der Waals surface area contributed by atoms with Crippen molar-refractivity contribution in [2.24, 2.45) is 5.73 Å². The Morgan fingerprint density at radius 2 is 1.72 bits per heavy atom. The van der Waals surface area contributed by atoms with Gasteiger partial charge in [-0.05, 0) is 19.4 Å². The van der Waals surface area contributed by atoms with Crippen molar-refractivity contribution in [3.8, 4) is 0 Å². The number of hydrogen-bond acceptors (Lipinski definition) is 3. The summed E-state index contributed by atoms with van der Waals surface area (Å²) in [7, 11) is 0. The number of nitrogens with two attached hydrogens (primary N) is 1. The first-order chi connectivity index (χ1) is 8.50. The second kappa shape index (κ2) is 6.61. The Labute approximate surface area is 106 Å². The largest absolute Gasteiger partial charge is 0.333 e. The first-order valence-corrected chi connectivity index (χ1v) is 5.67. The highest BCUT2D eigenvalue weighted by molar-refractivity contribution is 5.84. The van der Waals surface area contributed by atoms with Crippen molar-refractivity contribution >= 4 is 11.9 Å². The van der Waals surface area contributed by atoms with Crippen LogP contribution in [0.25, 0.3) is 0 Å². The van der Waals surface area contributed by atoms with E-state index in [4.69, 9.17) is 5.73 Å². The summed E-state index contributed by atoms with van der Waals surface area (Å²) in [5, 5.41) is 2.68. The maximum absolute atomic E-state index is 11.5. The monoisotopic (exact) mass is 250 g/mol. The lowest BCUT2D eigenvalue weighted by Gasteiger charge is -2.15. The van der Waals surface area contributed by atoms with E-state index in [1.807, 2.05) is 37.3 Å². The van der Waals surface area contributed by atoms with Crippen molar-refractivity contribution in [3.05, 3.63) is 35.9 Å². The van der Waals surface area contributed by atoms with E-state index in [0.29, 0.717) is 0 Å². The van der Waals surface area contributed by atoms with Crippen LogP contribution in [0.2, 0.25) is 0 Å². The number of carbonyl (C=O) groups excluding carboxylic acids is 2. The van der Waals surface area contributed by atoms with Gasteiger partial charge in [0.25, 0.3) is 5.91 Å². The number of rotatable bonds is 3. The maximum Gasteiger partial charge on any atom is 0.333 e. The van der Waals surface area contributed by atoms with E-state index in [0.717, 1.165) is 5.56 Å². The van der Waals surface area contributed by atoms with Gasteiger partial charge in [0, 0.05) is 0 Å². The number of hydrogen-bond donors (Lipinski definition) is 4. The maximum atomic E-state index is 11.5. The molecule has 0 aliphatic rings. The van der Waals surface area contributed by atoms with Crippen LogP contribution in [-0.4, -0.2) is 18.0 Å². The molecule has 0 fully saturated rings. The van der Waals surface area contributed by atoms with Gasteiger partial charge in [-0.3, -0.25) is 10.2 Å². The Hall–Kier alpha value is -2.08. The Balaban J connectivity index is 2.39. The third-order valence-electron chi connectivity index (χ3n) is 2.36. The Morgan fingerprint density at radius 3 is 2.28 bits per heavy atom. The summed E-state index contributed by atoms with van der Waals surface area (Å²) in [6, 6.07) is 8.19. The Morgan fingerprint density at radius 1 is 1.11 bits per heavy atom. The van der Waals surface area contributed by atoms with Gasteiger partial charge in [-0.15, -0.1) is 0 Å². The van der Waals surface area contributed by atoms with E-state index in [1.54, 1.807) is 0 Å². The van der Waals surface area contributed by atoms with Gasteiger partial charge in [0.2, 0.25) is 0 Å². The fourth-order valence-corrected chi connectivity index (χ4v) is 1.29. The molecule has 0 spiro atoms. The molecule has 5 N–H and O–H groups in total. The molecule has 2 atom stereocenters. The molecule has 1 unspecified atom stereocenters. The molecule has 6 nitrogen and oxygen atoms in total. The lowest BCUT2D eigenvalue weighted by molar-refractivity contribution is -0.122. The molecule has 6 heteroatoms. The van der Waals surface area contributed by atoms with Crippen molar-refractivity contribution in [2.75, 3.05) is 0 Å². The van der Waals surface area contributed by atoms with Gasteiger partial charge in [0.1, 0.15) is 0 Å². The molecular formula is C12H18N4O2. The van der Waals surface area contributed by atoms with E-state index in [-0.39, 0.29) is 6.04 Å². The molecule has 3 amide bonds. The summed E-state index contributed by atoms with van der Waals surface area (Å²) in [6.45, 7) is 3.38. The van der Waals surface area contributed by atoms with Crippen LogP contribution < -0.4 is 21.9 Å². The summed E-state index contributed by atoms with van der Waals surface area (Å²) in [6.07, 6.45) is 0. The minimum absolute atomic E-state index is 0.154. The fourth-order valence-electron chi connectivity index (χ4n) is 1.29. The summed E-state index contributed by atoms with van der Waals surface area (Å²) in [5.41, 5.74) is 10.8. The minimum Gasteiger partial charge on any atom is -0.330 e. The lowest BCUT2D eigenvalue weighted by atomic mass is 10.1. The second-order valence-corrected chi connectivity index (χ2v) is 4.01. The molecule has 0 heterocycles. The summed E-state index contributed by atoms with van der Waals surface area (Å²) >= 11 is 0. The van der Waals surface area contributed by atoms with E-state index in [9.17, 15) is 9.59 Å². The number of urea groups is 1. The third kappa shape index (κ3) is 4.42. The standard InChI is InChI=1S/C12H18N4O2/c1-8(13)11(17)15-16-12(18)14-9(2)10-6-4-3-5-7-10/h3-9H,13H2,1-2H3,(H,15,17)(H2,14,16,18)/t8-,9?/m0/s1. The van der Waals surface area contributed by atoms with Crippen molar-refractivity contribution in [2.45, 2.75) is 25.9 Å². The van der Waals surface area contributed by atoms with Crippen LogP contribution in [0.4, 0.5) is 4.79 Å². The van der Waals surface area contributed by atoms with E-state index in [2.05, 4.69) is 16.2 Å². The molecule has 0 aliphatic carbocycles. The van der Waals surface area contributed by atoms with E-state index in [1.165, 1.54) is 6.92 Å². The van der Waals surface area contributed by atoms with Crippen LogP contribution in [0, 0.1) is 0 Å². The molecule has 98 valence electrons. The molecule has 1 aromatic rings. The predicted octanol–water partition coefficient (Wildman–Crippen LogP) is 0.425. The van der Waals surface area contributed by atoms with Crippen molar-refractivity contribution in [3.63, 3.8) is 0 Å². The summed E-state index contributed by atoms with van der Waals surface area (Å²) in [4.78, 5) is 22.6. The average Bonchev–Trinajstić information content (AvgIpc) is 2.36. The SMILES string of the molecule is CC(NC(=O)NNC(=O)[C@H](C)N)c1ccccc1. The number of amides is 3. The smallest absolute Gasteiger partial charge is 0.330 e. The van der Waals surface area contributed by atoms with E-state index < -0.39 is 18.0 Å². The molecule has 0 radical (unpaired) electrons. The van der Waals surface area contributed by atoms with Crippen LogP contribution in [-0.2, 0) is 4.79 Å². The van der Waals surface area contributed by atoms with E-state index >= 15 is 0 Å². The predicted molar refractivity (Wildman–Crippen MR) is 68.3 cm³/mol. The molecular weight excluding hydrogens is 232 g/mol. The number of nitrogens with one attached hydrogen (secondary N) is 3. The number of hydrazine groups is 1. The summed E-state index contributed by atoms with van der Waals surface area (Å²) in [5.74, 6) is -0.447. The molecule has 0 saturated carbocycles.